The van der Waals surface area contributed by atoms with Crippen LogP contribution in [0.1, 0.15) is 38.9 Å². The van der Waals surface area contributed by atoms with Gasteiger partial charge in [-0.2, -0.15) is 5.10 Å². The molecule has 170 valence electrons. The molecule has 0 atom stereocenters. The Bertz CT molecular complexity index is 1280. The molecule has 0 aliphatic heterocycles. The van der Waals surface area contributed by atoms with Gasteiger partial charge in [0.05, 0.1) is 41.1 Å². The van der Waals surface area contributed by atoms with Crippen LogP contribution in [0.5, 0.6) is 0 Å². The zero-order valence-electron chi connectivity index (χ0n) is 19.1. The van der Waals surface area contributed by atoms with Gasteiger partial charge in [-0.1, -0.05) is 18.2 Å². The number of nitrogens with zero attached hydrogens (tertiary/aromatic N) is 3. The van der Waals surface area contributed by atoms with Crippen LogP contribution in [0.2, 0.25) is 0 Å². The molecule has 0 aliphatic rings. The van der Waals surface area contributed by atoms with Crippen molar-refractivity contribution in [3.05, 3.63) is 88.9 Å². The second kappa shape index (κ2) is 9.20. The molecule has 4 aromatic rings. The van der Waals surface area contributed by atoms with Crippen molar-refractivity contribution in [3.8, 4) is 5.69 Å². The third-order valence-electron chi connectivity index (χ3n) is 5.58. The molecular formula is C25H26N4O4. The number of hydrogen-bond donors (Lipinski definition) is 1. The van der Waals surface area contributed by atoms with Crippen LogP contribution in [0.4, 0.5) is 5.69 Å². The van der Waals surface area contributed by atoms with E-state index in [-0.39, 0.29) is 0 Å². The van der Waals surface area contributed by atoms with Crippen molar-refractivity contribution in [1.82, 2.24) is 14.3 Å². The van der Waals surface area contributed by atoms with E-state index in [1.165, 1.54) is 0 Å². The summed E-state index contributed by atoms with van der Waals surface area (Å²) in [5.41, 5.74) is 5.06. The van der Waals surface area contributed by atoms with Gasteiger partial charge in [-0.3, -0.25) is 4.79 Å². The number of anilines is 1. The summed E-state index contributed by atoms with van der Waals surface area (Å²) < 4.78 is 14.4. The first-order valence-electron chi connectivity index (χ1n) is 10.6. The first-order chi connectivity index (χ1) is 15.8. The Kier molecular flexibility index (Phi) is 6.17. The van der Waals surface area contributed by atoms with E-state index in [9.17, 15) is 9.59 Å². The summed E-state index contributed by atoms with van der Waals surface area (Å²) in [7, 11) is 0. The topological polar surface area (TPSA) is 91.3 Å². The average molecular weight is 447 g/mol. The van der Waals surface area contributed by atoms with E-state index >= 15 is 0 Å². The van der Waals surface area contributed by atoms with Crippen LogP contribution in [-0.4, -0.2) is 32.8 Å². The molecule has 0 bridgehead atoms. The summed E-state index contributed by atoms with van der Waals surface area (Å²) in [6.45, 7) is 7.58. The molecule has 0 spiro atoms. The van der Waals surface area contributed by atoms with E-state index in [1.54, 1.807) is 17.0 Å². The number of rotatable bonds is 7. The van der Waals surface area contributed by atoms with Crippen LogP contribution in [0, 0.1) is 27.7 Å². The number of carbonyl (C=O) groups excluding carboxylic acids is 2. The number of amides is 1. The van der Waals surface area contributed by atoms with Crippen LogP contribution >= 0.6 is 0 Å². The van der Waals surface area contributed by atoms with E-state index in [1.807, 2.05) is 74.7 Å². The smallest absolute Gasteiger partial charge is 0.340 e. The Morgan fingerprint density at radius 2 is 1.79 bits per heavy atom. The highest BCUT2D eigenvalue weighted by Crippen LogP contribution is 2.23. The lowest BCUT2D eigenvalue weighted by atomic mass is 10.2. The normalized spacial score (nSPS) is 10.9. The third kappa shape index (κ3) is 4.59. The molecule has 3 aromatic heterocycles. The van der Waals surface area contributed by atoms with Gasteiger partial charge in [0.25, 0.3) is 5.91 Å². The number of benzene rings is 1. The van der Waals surface area contributed by atoms with Gasteiger partial charge < -0.3 is 19.0 Å². The van der Waals surface area contributed by atoms with Gasteiger partial charge in [-0.05, 0) is 58.0 Å². The molecule has 0 unspecified atom stereocenters. The minimum atomic E-state index is -0.544. The fourth-order valence-electron chi connectivity index (χ4n) is 3.84. The lowest BCUT2D eigenvalue weighted by Crippen LogP contribution is -2.21. The van der Waals surface area contributed by atoms with Gasteiger partial charge in [0, 0.05) is 11.4 Å². The standard InChI is InChI=1S/C25H26N4O4/c1-16-13-22(18(3)28(16)14-21-11-8-12-32-21)25(31)33-15-23(30)26-24-17(2)27-29(19(24)4)20-9-6-5-7-10-20/h5-13H,14-15H2,1-4H3,(H,26,30). The Morgan fingerprint density at radius 3 is 2.48 bits per heavy atom. The van der Waals surface area contributed by atoms with Gasteiger partial charge >= 0.3 is 5.97 Å². The van der Waals surface area contributed by atoms with Gasteiger partial charge in [-0.25, -0.2) is 9.48 Å². The van der Waals surface area contributed by atoms with Crippen molar-refractivity contribution >= 4 is 17.6 Å². The van der Waals surface area contributed by atoms with E-state index in [0.29, 0.717) is 23.5 Å². The lowest BCUT2D eigenvalue weighted by molar-refractivity contribution is -0.119. The maximum absolute atomic E-state index is 12.7. The molecule has 3 heterocycles. The van der Waals surface area contributed by atoms with Gasteiger partial charge in [0.15, 0.2) is 6.61 Å². The Balaban J connectivity index is 1.41. The van der Waals surface area contributed by atoms with Crippen molar-refractivity contribution in [2.45, 2.75) is 34.2 Å². The number of hydrogen-bond acceptors (Lipinski definition) is 5. The first-order valence-corrected chi connectivity index (χ1v) is 10.6. The molecule has 8 heteroatoms. The molecule has 0 fully saturated rings. The quantitative estimate of drug-likeness (QED) is 0.426. The summed E-state index contributed by atoms with van der Waals surface area (Å²) in [5.74, 6) is -0.179. The molecule has 33 heavy (non-hydrogen) atoms. The molecular weight excluding hydrogens is 420 g/mol. The van der Waals surface area contributed by atoms with Crippen LogP contribution in [0.15, 0.2) is 59.2 Å². The summed E-state index contributed by atoms with van der Waals surface area (Å²) in [5, 5.41) is 7.33. The van der Waals surface area contributed by atoms with Gasteiger partial charge in [0.2, 0.25) is 0 Å². The number of aromatic nitrogens is 3. The minimum absolute atomic E-state index is 0.393. The summed E-state index contributed by atoms with van der Waals surface area (Å²) in [6, 6.07) is 15.1. The first kappa shape index (κ1) is 22.1. The number of aryl methyl sites for hydroxylation is 2. The van der Waals surface area contributed by atoms with Crippen LogP contribution in [-0.2, 0) is 16.1 Å². The van der Waals surface area contributed by atoms with Crippen molar-refractivity contribution < 1.29 is 18.7 Å². The second-order valence-electron chi connectivity index (χ2n) is 7.87. The van der Waals surface area contributed by atoms with Crippen LogP contribution < -0.4 is 5.32 Å². The number of esters is 1. The SMILES string of the molecule is Cc1nn(-c2ccccc2)c(C)c1NC(=O)COC(=O)c1cc(C)n(Cc2ccco2)c1C. The predicted molar refractivity (Wildman–Crippen MR) is 124 cm³/mol. The maximum atomic E-state index is 12.7. The molecule has 1 aromatic carbocycles. The molecule has 0 saturated carbocycles. The highest BCUT2D eigenvalue weighted by molar-refractivity contribution is 5.96. The second-order valence-corrected chi connectivity index (χ2v) is 7.87. The molecule has 0 radical (unpaired) electrons. The lowest BCUT2D eigenvalue weighted by Gasteiger charge is -2.09. The number of para-hydroxylation sites is 1. The highest BCUT2D eigenvalue weighted by Gasteiger charge is 2.20. The van der Waals surface area contributed by atoms with Gasteiger partial charge in [-0.15, -0.1) is 0 Å². The fraction of sp³-hybridized carbons (Fsp3) is 0.240. The fourth-order valence-corrected chi connectivity index (χ4v) is 3.84. The number of furan rings is 1. The van der Waals surface area contributed by atoms with Crippen molar-refractivity contribution in [2.75, 3.05) is 11.9 Å². The van der Waals surface area contributed by atoms with Crippen LogP contribution in [0.25, 0.3) is 5.69 Å². The van der Waals surface area contributed by atoms with Crippen molar-refractivity contribution in [1.29, 1.82) is 0 Å². The predicted octanol–water partition coefficient (Wildman–Crippen LogP) is 4.34. The Hall–Kier alpha value is -4.07. The van der Waals surface area contributed by atoms with E-state index < -0.39 is 18.5 Å². The molecule has 1 N–H and O–H groups in total. The summed E-state index contributed by atoms with van der Waals surface area (Å²) in [4.78, 5) is 25.2. The molecule has 1 amide bonds. The summed E-state index contributed by atoms with van der Waals surface area (Å²) >= 11 is 0. The highest BCUT2D eigenvalue weighted by atomic mass is 16.5. The van der Waals surface area contributed by atoms with E-state index in [2.05, 4.69) is 10.4 Å². The molecule has 4 rings (SSSR count). The molecule has 0 saturated heterocycles. The van der Waals surface area contributed by atoms with Crippen LogP contribution in [0.3, 0.4) is 0 Å². The minimum Gasteiger partial charge on any atom is -0.467 e. The average Bonchev–Trinajstić information content (AvgIpc) is 3.50. The largest absolute Gasteiger partial charge is 0.467 e. The number of nitrogens with one attached hydrogen (secondary N) is 1. The zero-order chi connectivity index (χ0) is 23.5. The third-order valence-corrected chi connectivity index (χ3v) is 5.58. The molecule has 0 aliphatic carbocycles. The maximum Gasteiger partial charge on any atom is 0.340 e. The van der Waals surface area contributed by atoms with Gasteiger partial charge in [0.1, 0.15) is 5.76 Å². The summed E-state index contributed by atoms with van der Waals surface area (Å²) in [6.07, 6.45) is 1.62. The van der Waals surface area contributed by atoms with Crippen molar-refractivity contribution in [3.63, 3.8) is 0 Å². The number of ether oxygens (including phenoxy) is 1. The zero-order valence-corrected chi connectivity index (χ0v) is 19.1. The Morgan fingerprint density at radius 1 is 1.03 bits per heavy atom. The monoisotopic (exact) mass is 446 g/mol. The van der Waals surface area contributed by atoms with E-state index in [0.717, 1.165) is 28.5 Å². The number of carbonyl (C=O) groups is 2. The van der Waals surface area contributed by atoms with Crippen molar-refractivity contribution in [2.24, 2.45) is 0 Å². The molecule has 8 nitrogen and oxygen atoms in total. The Labute approximate surface area is 191 Å². The van der Waals surface area contributed by atoms with E-state index in [4.69, 9.17) is 9.15 Å².